The molecule has 0 atom stereocenters. The second-order valence-electron chi connectivity index (χ2n) is 1.80. The van der Waals surface area contributed by atoms with Crippen LogP contribution in [0.15, 0.2) is 0 Å². The molecular formula is C5H12N4OS. The van der Waals surface area contributed by atoms with E-state index in [9.17, 15) is 4.79 Å². The lowest BCUT2D eigenvalue weighted by molar-refractivity contribution is -0.116. The molecule has 11 heavy (non-hydrogen) atoms. The first-order chi connectivity index (χ1) is 5.16. The maximum atomic E-state index is 10.2. The molecule has 0 bridgehead atoms. The van der Waals surface area contributed by atoms with E-state index in [0.717, 1.165) is 6.54 Å². The van der Waals surface area contributed by atoms with E-state index < -0.39 is 5.91 Å². The van der Waals surface area contributed by atoms with Crippen LogP contribution in [-0.4, -0.2) is 24.1 Å². The van der Waals surface area contributed by atoms with Gasteiger partial charge in [-0.2, -0.15) is 0 Å². The monoisotopic (exact) mass is 176 g/mol. The van der Waals surface area contributed by atoms with E-state index >= 15 is 0 Å². The molecule has 0 spiro atoms. The predicted octanol–water partition coefficient (Wildman–Crippen LogP) is -1.54. The first-order valence-corrected chi connectivity index (χ1v) is 3.62. The average Bonchev–Trinajstić information content (AvgIpc) is 1.97. The Morgan fingerprint density at radius 1 is 1.64 bits per heavy atom. The molecule has 0 aromatic rings. The molecule has 0 aliphatic rings. The number of nitrogens with one attached hydrogen (secondary N) is 3. The Morgan fingerprint density at radius 3 is 2.73 bits per heavy atom. The number of hydrazine groups is 1. The first kappa shape index (κ1) is 10.1. The summed E-state index contributed by atoms with van der Waals surface area (Å²) in [6, 6.07) is 0. The highest BCUT2D eigenvalue weighted by Gasteiger charge is 1.94. The van der Waals surface area contributed by atoms with Crippen LogP contribution in [0.1, 0.15) is 6.92 Å². The normalized spacial score (nSPS) is 8.82. The molecule has 0 radical (unpaired) electrons. The lowest BCUT2D eigenvalue weighted by Gasteiger charge is -2.07. The second-order valence-corrected chi connectivity index (χ2v) is 2.21. The Kier molecular flexibility index (Phi) is 5.40. The Hall–Kier alpha value is -0.880. The summed E-state index contributed by atoms with van der Waals surface area (Å²) in [4.78, 5) is 10.2. The van der Waals surface area contributed by atoms with Crippen molar-refractivity contribution in [1.29, 1.82) is 0 Å². The Morgan fingerprint density at radius 2 is 2.27 bits per heavy atom. The van der Waals surface area contributed by atoms with Crippen LogP contribution in [0, 0.1) is 0 Å². The molecule has 64 valence electrons. The number of rotatable bonds is 4. The quantitative estimate of drug-likeness (QED) is 0.308. The van der Waals surface area contributed by atoms with Gasteiger partial charge in [-0.1, -0.05) is 6.92 Å². The van der Waals surface area contributed by atoms with E-state index in [1.807, 2.05) is 6.92 Å². The van der Waals surface area contributed by atoms with Gasteiger partial charge in [-0.25, -0.2) is 5.43 Å². The molecule has 0 unspecified atom stereocenters. The third-order valence-corrected chi connectivity index (χ3v) is 1.05. The van der Waals surface area contributed by atoms with Gasteiger partial charge >= 0.3 is 0 Å². The van der Waals surface area contributed by atoms with Gasteiger partial charge in [0, 0.05) is 6.54 Å². The number of amides is 1. The van der Waals surface area contributed by atoms with Crippen molar-refractivity contribution in [2.45, 2.75) is 6.92 Å². The van der Waals surface area contributed by atoms with Crippen LogP contribution in [0.3, 0.4) is 0 Å². The fourth-order valence-corrected chi connectivity index (χ4v) is 0.525. The van der Waals surface area contributed by atoms with Crippen molar-refractivity contribution in [1.82, 2.24) is 16.2 Å². The Bertz CT molecular complexity index is 149. The number of hydrogen-bond donors (Lipinski definition) is 4. The largest absolute Gasteiger partial charge is 0.368 e. The van der Waals surface area contributed by atoms with E-state index in [0.29, 0.717) is 5.11 Å². The van der Waals surface area contributed by atoms with Gasteiger partial charge in [0.15, 0.2) is 5.11 Å². The van der Waals surface area contributed by atoms with Gasteiger partial charge in [0.05, 0.1) is 6.54 Å². The molecule has 0 saturated heterocycles. The van der Waals surface area contributed by atoms with Crippen LogP contribution < -0.4 is 21.9 Å². The van der Waals surface area contributed by atoms with Crippen molar-refractivity contribution in [2.24, 2.45) is 5.73 Å². The topological polar surface area (TPSA) is 79.2 Å². The third-order valence-electron chi connectivity index (χ3n) is 0.802. The molecule has 0 aromatic heterocycles. The van der Waals surface area contributed by atoms with Gasteiger partial charge in [0.2, 0.25) is 5.91 Å². The standard InChI is InChI=1S/C5H12N4OS/c1-2-8-9-5(11)7-3-4(6)10/h8H,2-3H2,1H3,(H2,6,10)(H2,7,9,11). The minimum atomic E-state index is -0.439. The van der Waals surface area contributed by atoms with Gasteiger partial charge in [0.1, 0.15) is 0 Å². The van der Waals surface area contributed by atoms with E-state index in [1.54, 1.807) is 0 Å². The maximum absolute atomic E-state index is 10.2. The van der Waals surface area contributed by atoms with Gasteiger partial charge in [-0.15, -0.1) is 0 Å². The van der Waals surface area contributed by atoms with Crippen LogP contribution in [-0.2, 0) is 4.79 Å². The van der Waals surface area contributed by atoms with Crippen LogP contribution in [0.25, 0.3) is 0 Å². The molecule has 5 nitrogen and oxygen atoms in total. The summed E-state index contributed by atoms with van der Waals surface area (Å²) in [7, 11) is 0. The predicted molar refractivity (Wildman–Crippen MR) is 46.6 cm³/mol. The van der Waals surface area contributed by atoms with E-state index in [4.69, 9.17) is 18.0 Å². The molecule has 1 amide bonds. The minimum Gasteiger partial charge on any atom is -0.368 e. The number of carbonyl (C=O) groups excluding carboxylic acids is 1. The zero-order valence-corrected chi connectivity index (χ0v) is 7.12. The SMILES string of the molecule is CCNNC(=S)NCC(N)=O. The lowest BCUT2D eigenvalue weighted by atomic mass is 10.6. The van der Waals surface area contributed by atoms with Gasteiger partial charge < -0.3 is 11.1 Å². The molecule has 5 N–H and O–H groups in total. The van der Waals surface area contributed by atoms with E-state index in [2.05, 4.69) is 16.2 Å². The highest BCUT2D eigenvalue weighted by atomic mass is 32.1. The lowest BCUT2D eigenvalue weighted by Crippen LogP contribution is -2.46. The molecule has 0 rings (SSSR count). The number of carbonyl (C=O) groups is 1. The van der Waals surface area contributed by atoms with Gasteiger partial charge in [-0.05, 0) is 12.2 Å². The number of nitrogens with two attached hydrogens (primary N) is 1. The summed E-state index contributed by atoms with van der Waals surface area (Å²) in [6.07, 6.45) is 0. The Balaban J connectivity index is 3.30. The summed E-state index contributed by atoms with van der Waals surface area (Å²) in [6.45, 7) is 2.72. The first-order valence-electron chi connectivity index (χ1n) is 3.21. The molecule has 0 aliphatic heterocycles. The van der Waals surface area contributed by atoms with Gasteiger partial charge in [0.25, 0.3) is 0 Å². The average molecular weight is 176 g/mol. The fraction of sp³-hybridized carbons (Fsp3) is 0.600. The highest BCUT2D eigenvalue weighted by Crippen LogP contribution is 1.62. The van der Waals surface area contributed by atoms with E-state index in [-0.39, 0.29) is 6.54 Å². The highest BCUT2D eigenvalue weighted by molar-refractivity contribution is 7.80. The molecule has 6 heteroatoms. The molecule has 0 heterocycles. The zero-order chi connectivity index (χ0) is 8.69. The number of primary amides is 1. The van der Waals surface area contributed by atoms with Crippen LogP contribution in [0.4, 0.5) is 0 Å². The third kappa shape index (κ3) is 7.01. The van der Waals surface area contributed by atoms with Gasteiger partial charge in [-0.3, -0.25) is 10.2 Å². The van der Waals surface area contributed by atoms with Crippen molar-refractivity contribution < 1.29 is 4.79 Å². The summed E-state index contributed by atoms with van der Waals surface area (Å²) >= 11 is 4.75. The molecule has 0 saturated carbocycles. The smallest absolute Gasteiger partial charge is 0.236 e. The van der Waals surface area contributed by atoms with Crippen LogP contribution >= 0.6 is 12.2 Å². The summed E-state index contributed by atoms with van der Waals surface area (Å²) < 4.78 is 0. The summed E-state index contributed by atoms with van der Waals surface area (Å²) in [5.74, 6) is -0.439. The van der Waals surface area contributed by atoms with E-state index in [1.165, 1.54) is 0 Å². The van der Waals surface area contributed by atoms with Crippen molar-refractivity contribution in [3.63, 3.8) is 0 Å². The summed E-state index contributed by atoms with van der Waals surface area (Å²) in [5.41, 5.74) is 10.3. The zero-order valence-electron chi connectivity index (χ0n) is 6.31. The van der Waals surface area contributed by atoms with Crippen molar-refractivity contribution in [3.8, 4) is 0 Å². The maximum Gasteiger partial charge on any atom is 0.236 e. The molecular weight excluding hydrogens is 164 g/mol. The van der Waals surface area contributed by atoms with Crippen LogP contribution in [0.5, 0.6) is 0 Å². The number of thiocarbonyl (C=S) groups is 1. The molecule has 0 aliphatic carbocycles. The molecule has 0 fully saturated rings. The Labute approximate surface area is 70.7 Å². The van der Waals surface area contributed by atoms with Crippen molar-refractivity contribution in [3.05, 3.63) is 0 Å². The summed E-state index contributed by atoms with van der Waals surface area (Å²) in [5, 5.41) is 2.97. The van der Waals surface area contributed by atoms with Crippen molar-refractivity contribution in [2.75, 3.05) is 13.1 Å². The minimum absolute atomic E-state index is 0.0528. The molecule has 0 aromatic carbocycles. The van der Waals surface area contributed by atoms with Crippen molar-refractivity contribution >= 4 is 23.2 Å². The number of hydrogen-bond acceptors (Lipinski definition) is 3. The second kappa shape index (κ2) is 5.87. The fourth-order valence-electron chi connectivity index (χ4n) is 0.380. The van der Waals surface area contributed by atoms with Crippen LogP contribution in [0.2, 0.25) is 0 Å².